The van der Waals surface area contributed by atoms with Crippen molar-refractivity contribution in [2.24, 2.45) is 0 Å². The summed E-state index contributed by atoms with van der Waals surface area (Å²) in [5.41, 5.74) is 3.04. The van der Waals surface area contributed by atoms with E-state index in [1.54, 1.807) is 36.4 Å². The van der Waals surface area contributed by atoms with E-state index in [4.69, 9.17) is 16.9 Å². The van der Waals surface area contributed by atoms with Crippen LogP contribution in [0.3, 0.4) is 0 Å². The number of nitrogens with one attached hydrogen (secondary N) is 2. The fourth-order valence-electron chi connectivity index (χ4n) is 2.37. The Kier molecular flexibility index (Phi) is 5.16. The molecule has 0 atom stereocenters. The molecule has 1 amide bonds. The number of rotatable bonds is 4. The van der Waals surface area contributed by atoms with Crippen LogP contribution in [0.1, 0.15) is 21.5 Å². The molecule has 1 heterocycles. The van der Waals surface area contributed by atoms with E-state index in [1.807, 2.05) is 31.2 Å². The van der Waals surface area contributed by atoms with Crippen molar-refractivity contribution < 1.29 is 4.79 Å². The summed E-state index contributed by atoms with van der Waals surface area (Å²) in [5.74, 6) is 0.273. The van der Waals surface area contributed by atoms with Gasteiger partial charge in [-0.25, -0.2) is 4.98 Å². The average Bonchev–Trinajstić information content (AvgIpc) is 2.66. The molecule has 1 aromatic heterocycles. The van der Waals surface area contributed by atoms with Gasteiger partial charge in [0.15, 0.2) is 0 Å². The maximum atomic E-state index is 12.4. The first-order chi connectivity index (χ1) is 12.6. The molecule has 3 rings (SSSR count). The third kappa shape index (κ3) is 3.82. The van der Waals surface area contributed by atoms with E-state index < -0.39 is 0 Å². The number of carbonyl (C=O) groups is 1. The highest BCUT2D eigenvalue weighted by atomic mass is 35.5. The molecule has 2 N–H and O–H groups in total. The zero-order valence-electron chi connectivity index (χ0n) is 14.0. The summed E-state index contributed by atoms with van der Waals surface area (Å²) >= 11 is 6.11. The number of pyridine rings is 1. The van der Waals surface area contributed by atoms with Crippen molar-refractivity contribution in [3.63, 3.8) is 0 Å². The van der Waals surface area contributed by atoms with Gasteiger partial charge in [0, 0.05) is 16.9 Å². The van der Waals surface area contributed by atoms with Crippen LogP contribution < -0.4 is 10.6 Å². The molecule has 0 saturated heterocycles. The van der Waals surface area contributed by atoms with Crippen LogP contribution >= 0.6 is 11.6 Å². The Hall–Kier alpha value is -3.36. The lowest BCUT2D eigenvalue weighted by atomic mass is 10.2. The lowest BCUT2D eigenvalue weighted by Crippen LogP contribution is -2.13. The second-order valence-corrected chi connectivity index (χ2v) is 5.99. The zero-order chi connectivity index (χ0) is 18.5. The molecule has 0 aliphatic heterocycles. The number of carbonyl (C=O) groups excluding carboxylic acids is 1. The van der Waals surface area contributed by atoms with Gasteiger partial charge in [-0.05, 0) is 48.9 Å². The lowest BCUT2D eigenvalue weighted by molar-refractivity contribution is 0.102. The fourth-order valence-corrected chi connectivity index (χ4v) is 2.54. The van der Waals surface area contributed by atoms with Gasteiger partial charge in [0.05, 0.1) is 16.8 Å². The number of anilines is 3. The van der Waals surface area contributed by atoms with Crippen LogP contribution in [0.25, 0.3) is 0 Å². The molecule has 5 nitrogen and oxygen atoms in total. The second kappa shape index (κ2) is 7.68. The van der Waals surface area contributed by atoms with Crippen molar-refractivity contribution >= 4 is 34.7 Å². The number of hydrogen-bond donors (Lipinski definition) is 2. The van der Waals surface area contributed by atoms with Gasteiger partial charge in [0.25, 0.3) is 5.91 Å². The topological polar surface area (TPSA) is 77.8 Å². The number of aromatic nitrogens is 1. The maximum absolute atomic E-state index is 12.4. The molecule has 0 radical (unpaired) electrons. The van der Waals surface area contributed by atoms with E-state index in [1.165, 1.54) is 6.20 Å². The van der Waals surface area contributed by atoms with E-state index in [-0.39, 0.29) is 5.91 Å². The summed E-state index contributed by atoms with van der Waals surface area (Å²) in [4.78, 5) is 16.6. The largest absolute Gasteiger partial charge is 0.340 e. The molecule has 3 aromatic rings. The Morgan fingerprint density at radius 2 is 1.85 bits per heavy atom. The Balaban J connectivity index is 1.74. The molecule has 6 heteroatoms. The number of hydrogen-bond acceptors (Lipinski definition) is 4. The van der Waals surface area contributed by atoms with E-state index >= 15 is 0 Å². The first-order valence-corrected chi connectivity index (χ1v) is 8.25. The number of nitrogens with zero attached hydrogens (tertiary/aromatic N) is 2. The Labute approximate surface area is 156 Å². The van der Waals surface area contributed by atoms with Gasteiger partial charge in [0.1, 0.15) is 11.9 Å². The standard InChI is InChI=1S/C20H15ClN4O/c1-13-16(21)6-4-8-17(13)24-19-10-9-15(12-23-19)20(26)25-18-7-3-2-5-14(18)11-22/h2-10,12H,1H3,(H,23,24)(H,25,26). The molecule has 26 heavy (non-hydrogen) atoms. The van der Waals surface area contributed by atoms with Crippen LogP contribution in [-0.4, -0.2) is 10.9 Å². The number of benzene rings is 2. The minimum atomic E-state index is -0.328. The highest BCUT2D eigenvalue weighted by Crippen LogP contribution is 2.25. The van der Waals surface area contributed by atoms with Gasteiger partial charge in [-0.2, -0.15) is 5.26 Å². The molecule has 0 fully saturated rings. The molecule has 2 aromatic carbocycles. The highest BCUT2D eigenvalue weighted by Gasteiger charge is 2.10. The van der Waals surface area contributed by atoms with Crippen molar-refractivity contribution in [2.45, 2.75) is 6.92 Å². The number of halogens is 1. The summed E-state index contributed by atoms with van der Waals surface area (Å²) in [6.45, 7) is 1.92. The van der Waals surface area contributed by atoms with Gasteiger partial charge in [-0.15, -0.1) is 0 Å². The van der Waals surface area contributed by atoms with Crippen molar-refractivity contribution in [1.82, 2.24) is 4.98 Å². The molecule has 0 saturated carbocycles. The number of nitriles is 1. The average molecular weight is 363 g/mol. The molecule has 0 aliphatic carbocycles. The van der Waals surface area contributed by atoms with Gasteiger partial charge in [-0.1, -0.05) is 29.8 Å². The predicted octanol–water partition coefficient (Wildman–Crippen LogP) is 4.91. The minimum absolute atomic E-state index is 0.328. The fraction of sp³-hybridized carbons (Fsp3) is 0.0500. The summed E-state index contributed by atoms with van der Waals surface area (Å²) in [7, 11) is 0. The first kappa shape index (κ1) is 17.5. The molecule has 0 spiro atoms. The molecule has 0 bridgehead atoms. The van der Waals surface area contributed by atoms with Crippen LogP contribution in [0.4, 0.5) is 17.2 Å². The van der Waals surface area contributed by atoms with Crippen molar-refractivity contribution in [3.8, 4) is 6.07 Å². The smallest absolute Gasteiger partial charge is 0.257 e. The molecule has 0 aliphatic rings. The van der Waals surface area contributed by atoms with E-state index in [2.05, 4.69) is 15.6 Å². The number of amides is 1. The zero-order valence-corrected chi connectivity index (χ0v) is 14.7. The van der Waals surface area contributed by atoms with Gasteiger partial charge in [-0.3, -0.25) is 4.79 Å². The Morgan fingerprint density at radius 1 is 1.08 bits per heavy atom. The van der Waals surface area contributed by atoms with Gasteiger partial charge in [0.2, 0.25) is 0 Å². The van der Waals surface area contributed by atoms with E-state index in [0.29, 0.717) is 27.7 Å². The predicted molar refractivity (Wildman–Crippen MR) is 103 cm³/mol. The second-order valence-electron chi connectivity index (χ2n) is 5.58. The van der Waals surface area contributed by atoms with Crippen molar-refractivity contribution in [2.75, 3.05) is 10.6 Å². The third-order valence-corrected chi connectivity index (χ3v) is 4.26. The minimum Gasteiger partial charge on any atom is -0.340 e. The molecule has 128 valence electrons. The Morgan fingerprint density at radius 3 is 2.58 bits per heavy atom. The normalized spacial score (nSPS) is 10.0. The first-order valence-electron chi connectivity index (χ1n) is 7.87. The van der Waals surface area contributed by atoms with Gasteiger partial charge >= 0.3 is 0 Å². The van der Waals surface area contributed by atoms with Crippen LogP contribution in [0.15, 0.2) is 60.8 Å². The van der Waals surface area contributed by atoms with Crippen molar-refractivity contribution in [3.05, 3.63) is 82.5 Å². The van der Waals surface area contributed by atoms with Crippen LogP contribution in [0, 0.1) is 18.3 Å². The van der Waals surface area contributed by atoms with E-state index in [0.717, 1.165) is 11.3 Å². The molecule has 0 unspecified atom stereocenters. The SMILES string of the molecule is Cc1c(Cl)cccc1Nc1ccc(C(=O)Nc2ccccc2C#N)cn1. The highest BCUT2D eigenvalue weighted by molar-refractivity contribution is 6.31. The summed E-state index contributed by atoms with van der Waals surface area (Å²) in [6.07, 6.45) is 1.48. The van der Waals surface area contributed by atoms with Crippen molar-refractivity contribution in [1.29, 1.82) is 5.26 Å². The molecular formula is C20H15ClN4O. The molecular weight excluding hydrogens is 348 g/mol. The Bertz CT molecular complexity index is 993. The third-order valence-electron chi connectivity index (χ3n) is 3.85. The number of para-hydroxylation sites is 1. The summed E-state index contributed by atoms with van der Waals surface area (Å²) < 4.78 is 0. The van der Waals surface area contributed by atoms with Crippen LogP contribution in [-0.2, 0) is 0 Å². The van der Waals surface area contributed by atoms with Crippen LogP contribution in [0.5, 0.6) is 0 Å². The summed E-state index contributed by atoms with van der Waals surface area (Å²) in [6, 6.07) is 17.8. The quantitative estimate of drug-likeness (QED) is 0.691. The summed E-state index contributed by atoms with van der Waals surface area (Å²) in [5, 5.41) is 15.7. The van der Waals surface area contributed by atoms with E-state index in [9.17, 15) is 4.79 Å². The van der Waals surface area contributed by atoms with Crippen LogP contribution in [0.2, 0.25) is 5.02 Å². The maximum Gasteiger partial charge on any atom is 0.257 e. The van der Waals surface area contributed by atoms with Gasteiger partial charge < -0.3 is 10.6 Å². The monoisotopic (exact) mass is 362 g/mol. The lowest BCUT2D eigenvalue weighted by Gasteiger charge is -2.11.